The molecule has 0 bridgehead atoms. The molecule has 1 spiro atoms. The quantitative estimate of drug-likeness (QED) is 0.734. The maximum absolute atomic E-state index is 10.8. The highest BCUT2D eigenvalue weighted by molar-refractivity contribution is 5.67. The predicted octanol–water partition coefficient (Wildman–Crippen LogP) is 2.02. The van der Waals surface area contributed by atoms with Crippen molar-refractivity contribution < 1.29 is 9.90 Å². The van der Waals surface area contributed by atoms with Crippen LogP contribution >= 0.6 is 0 Å². The molecule has 0 amide bonds. The van der Waals surface area contributed by atoms with Crippen molar-refractivity contribution in [3.05, 3.63) is 0 Å². The first-order valence-electron chi connectivity index (χ1n) is 6.09. The van der Waals surface area contributed by atoms with Crippen LogP contribution in [0.15, 0.2) is 0 Å². The molecule has 3 heteroatoms. The van der Waals surface area contributed by atoms with E-state index < -0.39 is 5.97 Å². The summed E-state index contributed by atoms with van der Waals surface area (Å²) in [6.45, 7) is 3.31. The summed E-state index contributed by atoms with van der Waals surface area (Å²) in [4.78, 5) is 10.8. The van der Waals surface area contributed by atoms with E-state index in [1.165, 1.54) is 25.7 Å². The average Bonchev–Trinajstić information content (AvgIpc) is 2.54. The van der Waals surface area contributed by atoms with Gasteiger partial charge in [0.1, 0.15) is 0 Å². The van der Waals surface area contributed by atoms with Crippen molar-refractivity contribution in [1.82, 2.24) is 5.32 Å². The van der Waals surface area contributed by atoms with Gasteiger partial charge in [-0.25, -0.2) is 0 Å². The van der Waals surface area contributed by atoms with E-state index in [9.17, 15) is 4.79 Å². The molecule has 0 aromatic carbocycles. The van der Waals surface area contributed by atoms with Gasteiger partial charge >= 0.3 is 5.97 Å². The summed E-state index contributed by atoms with van der Waals surface area (Å²) < 4.78 is 0. The Morgan fingerprint density at radius 3 is 2.67 bits per heavy atom. The molecule has 3 nitrogen and oxygen atoms in total. The summed E-state index contributed by atoms with van der Waals surface area (Å²) in [5.74, 6) is 0.549. The Morgan fingerprint density at radius 2 is 2.07 bits per heavy atom. The molecular formula is C12H21NO2. The first kappa shape index (κ1) is 10.9. The number of aliphatic carboxylic acids is 1. The summed E-state index contributed by atoms with van der Waals surface area (Å²) in [5.41, 5.74) is 0.172. The standard InChI is InChI=1S/C12H21NO2/c1-9-2-5-12(6-3-9)10(4-7-13-12)8-11(14)15/h9-10,13H,2-8H2,1H3,(H,14,15). The number of rotatable bonds is 2. The Morgan fingerprint density at radius 1 is 1.40 bits per heavy atom. The normalized spacial score (nSPS) is 40.9. The summed E-state index contributed by atoms with van der Waals surface area (Å²) in [5, 5.41) is 12.5. The first-order chi connectivity index (χ1) is 7.12. The predicted molar refractivity (Wildman–Crippen MR) is 58.7 cm³/mol. The van der Waals surface area contributed by atoms with Crippen molar-refractivity contribution in [1.29, 1.82) is 0 Å². The van der Waals surface area contributed by atoms with Crippen LogP contribution in [0.3, 0.4) is 0 Å². The first-order valence-corrected chi connectivity index (χ1v) is 6.09. The van der Waals surface area contributed by atoms with E-state index in [4.69, 9.17) is 5.11 Å². The van der Waals surface area contributed by atoms with Crippen molar-refractivity contribution in [3.8, 4) is 0 Å². The van der Waals surface area contributed by atoms with Gasteiger partial charge in [0.25, 0.3) is 0 Å². The van der Waals surface area contributed by atoms with Gasteiger partial charge in [-0.2, -0.15) is 0 Å². The highest BCUT2D eigenvalue weighted by atomic mass is 16.4. The molecule has 1 heterocycles. The number of hydrogen-bond donors (Lipinski definition) is 2. The minimum absolute atomic E-state index is 0.172. The van der Waals surface area contributed by atoms with E-state index in [0.717, 1.165) is 18.9 Å². The van der Waals surface area contributed by atoms with Gasteiger partial charge in [0.2, 0.25) is 0 Å². The Kier molecular flexibility index (Phi) is 3.01. The largest absolute Gasteiger partial charge is 0.481 e. The lowest BCUT2D eigenvalue weighted by atomic mass is 9.70. The molecule has 2 fully saturated rings. The van der Waals surface area contributed by atoms with Gasteiger partial charge < -0.3 is 10.4 Å². The third-order valence-electron chi connectivity index (χ3n) is 4.34. The van der Waals surface area contributed by atoms with Gasteiger partial charge in [0.15, 0.2) is 0 Å². The van der Waals surface area contributed by atoms with Gasteiger partial charge in [-0.1, -0.05) is 6.92 Å². The number of carbonyl (C=O) groups is 1. The van der Waals surface area contributed by atoms with Crippen molar-refractivity contribution >= 4 is 5.97 Å². The van der Waals surface area contributed by atoms with E-state index in [0.29, 0.717) is 12.3 Å². The monoisotopic (exact) mass is 211 g/mol. The third kappa shape index (κ3) is 2.17. The van der Waals surface area contributed by atoms with E-state index in [2.05, 4.69) is 12.2 Å². The molecule has 1 unspecified atom stereocenters. The Bertz CT molecular complexity index is 244. The van der Waals surface area contributed by atoms with Gasteiger partial charge in [-0.3, -0.25) is 4.79 Å². The highest BCUT2D eigenvalue weighted by Gasteiger charge is 2.44. The zero-order chi connectivity index (χ0) is 10.9. The fourth-order valence-corrected chi connectivity index (χ4v) is 3.29. The minimum Gasteiger partial charge on any atom is -0.481 e. The number of carboxylic acids is 1. The Labute approximate surface area is 91.2 Å². The van der Waals surface area contributed by atoms with Crippen molar-refractivity contribution in [2.75, 3.05) is 6.54 Å². The lowest BCUT2D eigenvalue weighted by molar-refractivity contribution is -0.138. The second-order valence-corrected chi connectivity index (χ2v) is 5.35. The zero-order valence-electron chi connectivity index (χ0n) is 9.46. The molecule has 2 aliphatic rings. The van der Waals surface area contributed by atoms with Gasteiger partial charge in [0, 0.05) is 12.0 Å². The molecule has 1 aliphatic carbocycles. The number of carboxylic acid groups (broad SMARTS) is 1. The van der Waals surface area contributed by atoms with Crippen molar-refractivity contribution in [2.24, 2.45) is 11.8 Å². The summed E-state index contributed by atoms with van der Waals surface area (Å²) in [6, 6.07) is 0. The van der Waals surface area contributed by atoms with Crippen LogP contribution in [0.1, 0.15) is 45.4 Å². The van der Waals surface area contributed by atoms with E-state index in [1.807, 2.05) is 0 Å². The van der Waals surface area contributed by atoms with Crippen molar-refractivity contribution in [3.63, 3.8) is 0 Å². The summed E-state index contributed by atoms with van der Waals surface area (Å²) >= 11 is 0. The van der Waals surface area contributed by atoms with Crippen LogP contribution in [-0.2, 0) is 4.79 Å². The fourth-order valence-electron chi connectivity index (χ4n) is 3.29. The SMILES string of the molecule is CC1CCC2(CC1)NCCC2CC(=O)O. The molecule has 2 rings (SSSR count). The van der Waals surface area contributed by atoms with Crippen molar-refractivity contribution in [2.45, 2.75) is 51.0 Å². The molecule has 15 heavy (non-hydrogen) atoms. The fraction of sp³-hybridized carbons (Fsp3) is 0.917. The number of nitrogens with one attached hydrogen (secondary N) is 1. The Hall–Kier alpha value is -0.570. The summed E-state index contributed by atoms with van der Waals surface area (Å²) in [6.07, 6.45) is 6.24. The summed E-state index contributed by atoms with van der Waals surface area (Å²) in [7, 11) is 0. The molecule has 1 saturated carbocycles. The van der Waals surface area contributed by atoms with Crippen LogP contribution in [0.4, 0.5) is 0 Å². The second-order valence-electron chi connectivity index (χ2n) is 5.35. The van der Waals surface area contributed by atoms with E-state index in [1.54, 1.807) is 0 Å². The van der Waals surface area contributed by atoms with Crippen LogP contribution in [0.5, 0.6) is 0 Å². The van der Waals surface area contributed by atoms with E-state index >= 15 is 0 Å². The molecule has 86 valence electrons. The maximum atomic E-state index is 10.8. The molecule has 1 aliphatic heterocycles. The Balaban J connectivity index is 2.02. The average molecular weight is 211 g/mol. The maximum Gasteiger partial charge on any atom is 0.303 e. The zero-order valence-corrected chi connectivity index (χ0v) is 9.46. The van der Waals surface area contributed by atoms with Crippen LogP contribution < -0.4 is 5.32 Å². The van der Waals surface area contributed by atoms with Crippen LogP contribution in [0.2, 0.25) is 0 Å². The smallest absolute Gasteiger partial charge is 0.303 e. The molecule has 1 atom stereocenters. The van der Waals surface area contributed by atoms with Gasteiger partial charge in [-0.15, -0.1) is 0 Å². The van der Waals surface area contributed by atoms with Crippen LogP contribution in [-0.4, -0.2) is 23.2 Å². The molecule has 0 radical (unpaired) electrons. The van der Waals surface area contributed by atoms with Gasteiger partial charge in [0.05, 0.1) is 0 Å². The molecule has 2 N–H and O–H groups in total. The van der Waals surface area contributed by atoms with Crippen LogP contribution in [0, 0.1) is 11.8 Å². The lowest BCUT2D eigenvalue weighted by Gasteiger charge is -2.40. The molecule has 0 aromatic heterocycles. The van der Waals surface area contributed by atoms with E-state index in [-0.39, 0.29) is 5.54 Å². The minimum atomic E-state index is -0.637. The van der Waals surface area contributed by atoms with Gasteiger partial charge in [-0.05, 0) is 50.5 Å². The molecule has 0 aromatic rings. The molecular weight excluding hydrogens is 190 g/mol. The lowest BCUT2D eigenvalue weighted by Crippen LogP contribution is -2.48. The highest BCUT2D eigenvalue weighted by Crippen LogP contribution is 2.42. The second kappa shape index (κ2) is 4.12. The topological polar surface area (TPSA) is 49.3 Å². The third-order valence-corrected chi connectivity index (χ3v) is 4.34. The van der Waals surface area contributed by atoms with Crippen LogP contribution in [0.25, 0.3) is 0 Å². The molecule has 1 saturated heterocycles. The number of hydrogen-bond acceptors (Lipinski definition) is 2.